The highest BCUT2D eigenvalue weighted by molar-refractivity contribution is 5.35. The van der Waals surface area contributed by atoms with Crippen LogP contribution in [-0.4, -0.2) is 9.97 Å². The standard InChI is InChI=1S/C13H22N4/c1-9(2)7-12-15-11(8-13(16-12)17-14)10-5-3-4-6-10/h8-10H,3-7,14H2,1-2H3,(H,15,16,17). The van der Waals surface area contributed by atoms with Crippen LogP contribution in [0.4, 0.5) is 5.82 Å². The Morgan fingerprint density at radius 1 is 1.35 bits per heavy atom. The van der Waals surface area contributed by atoms with E-state index in [-0.39, 0.29) is 0 Å². The van der Waals surface area contributed by atoms with E-state index < -0.39 is 0 Å². The fourth-order valence-electron chi connectivity index (χ4n) is 2.48. The van der Waals surface area contributed by atoms with Gasteiger partial charge in [0.1, 0.15) is 11.6 Å². The van der Waals surface area contributed by atoms with Crippen molar-refractivity contribution in [1.29, 1.82) is 0 Å². The van der Waals surface area contributed by atoms with Crippen molar-refractivity contribution in [3.05, 3.63) is 17.6 Å². The molecule has 0 aromatic carbocycles. The average molecular weight is 234 g/mol. The summed E-state index contributed by atoms with van der Waals surface area (Å²) >= 11 is 0. The minimum absolute atomic E-state index is 0.569. The van der Waals surface area contributed by atoms with Crippen molar-refractivity contribution in [2.24, 2.45) is 11.8 Å². The van der Waals surface area contributed by atoms with Gasteiger partial charge in [0.05, 0.1) is 0 Å². The third-order valence-corrected chi connectivity index (χ3v) is 3.30. The van der Waals surface area contributed by atoms with Gasteiger partial charge in [0, 0.05) is 24.1 Å². The Labute approximate surface area is 103 Å². The number of hydrogen-bond donors (Lipinski definition) is 2. The topological polar surface area (TPSA) is 63.8 Å². The smallest absolute Gasteiger partial charge is 0.143 e. The van der Waals surface area contributed by atoms with E-state index >= 15 is 0 Å². The van der Waals surface area contributed by atoms with Crippen molar-refractivity contribution < 1.29 is 0 Å². The van der Waals surface area contributed by atoms with Crippen molar-refractivity contribution >= 4 is 5.82 Å². The van der Waals surface area contributed by atoms with Crippen LogP contribution in [0.2, 0.25) is 0 Å². The summed E-state index contributed by atoms with van der Waals surface area (Å²) in [6.45, 7) is 4.36. The molecule has 17 heavy (non-hydrogen) atoms. The van der Waals surface area contributed by atoms with Gasteiger partial charge in [-0.25, -0.2) is 15.8 Å². The molecule has 94 valence electrons. The first-order valence-corrected chi connectivity index (χ1v) is 6.53. The Morgan fingerprint density at radius 2 is 2.06 bits per heavy atom. The lowest BCUT2D eigenvalue weighted by Crippen LogP contribution is -2.13. The van der Waals surface area contributed by atoms with Gasteiger partial charge in [-0.2, -0.15) is 0 Å². The molecule has 1 aromatic heterocycles. The Kier molecular flexibility index (Phi) is 3.94. The van der Waals surface area contributed by atoms with Crippen LogP contribution >= 0.6 is 0 Å². The summed E-state index contributed by atoms with van der Waals surface area (Å²) in [5.74, 6) is 8.32. The summed E-state index contributed by atoms with van der Waals surface area (Å²) in [4.78, 5) is 9.11. The fraction of sp³-hybridized carbons (Fsp3) is 0.692. The van der Waals surface area contributed by atoms with Gasteiger partial charge in [0.15, 0.2) is 0 Å². The van der Waals surface area contributed by atoms with Gasteiger partial charge in [-0.1, -0.05) is 26.7 Å². The molecule has 0 unspecified atom stereocenters. The number of hydrogen-bond acceptors (Lipinski definition) is 4. The van der Waals surface area contributed by atoms with Crippen molar-refractivity contribution in [2.45, 2.75) is 51.9 Å². The van der Waals surface area contributed by atoms with Gasteiger partial charge in [-0.15, -0.1) is 0 Å². The van der Waals surface area contributed by atoms with Gasteiger partial charge in [-0.05, 0) is 18.8 Å². The number of rotatable bonds is 4. The van der Waals surface area contributed by atoms with Crippen LogP contribution in [-0.2, 0) is 6.42 Å². The number of nitrogens with one attached hydrogen (secondary N) is 1. The maximum atomic E-state index is 5.48. The number of anilines is 1. The molecule has 1 heterocycles. The molecule has 0 saturated heterocycles. The molecule has 0 atom stereocenters. The van der Waals surface area contributed by atoms with E-state index in [1.165, 1.54) is 31.4 Å². The van der Waals surface area contributed by atoms with E-state index in [4.69, 9.17) is 10.8 Å². The minimum Gasteiger partial charge on any atom is -0.308 e. The fourth-order valence-corrected chi connectivity index (χ4v) is 2.48. The van der Waals surface area contributed by atoms with Gasteiger partial charge >= 0.3 is 0 Å². The van der Waals surface area contributed by atoms with Crippen molar-refractivity contribution in [2.75, 3.05) is 5.43 Å². The lowest BCUT2D eigenvalue weighted by atomic mass is 10.0. The molecule has 1 aromatic rings. The van der Waals surface area contributed by atoms with Gasteiger partial charge < -0.3 is 5.43 Å². The normalized spacial score (nSPS) is 16.7. The average Bonchev–Trinajstić information content (AvgIpc) is 2.81. The molecule has 0 spiro atoms. The van der Waals surface area contributed by atoms with Crippen molar-refractivity contribution in [3.63, 3.8) is 0 Å². The lowest BCUT2D eigenvalue weighted by Gasteiger charge is -2.13. The molecule has 0 amide bonds. The summed E-state index contributed by atoms with van der Waals surface area (Å²) in [6, 6.07) is 2.00. The maximum absolute atomic E-state index is 5.48. The van der Waals surface area contributed by atoms with E-state index in [1.807, 2.05) is 6.07 Å². The first-order chi connectivity index (χ1) is 8.19. The SMILES string of the molecule is CC(C)Cc1nc(NN)cc(C2CCCC2)n1. The number of nitrogens with two attached hydrogens (primary N) is 1. The highest BCUT2D eigenvalue weighted by Crippen LogP contribution is 2.33. The van der Waals surface area contributed by atoms with Crippen LogP contribution in [0.25, 0.3) is 0 Å². The number of nitrogen functional groups attached to an aromatic ring is 1. The zero-order chi connectivity index (χ0) is 12.3. The molecular weight excluding hydrogens is 212 g/mol. The van der Waals surface area contributed by atoms with E-state index in [0.717, 1.165) is 18.1 Å². The second-order valence-electron chi connectivity index (χ2n) is 5.32. The molecule has 3 N–H and O–H groups in total. The van der Waals surface area contributed by atoms with E-state index in [0.29, 0.717) is 11.8 Å². The molecule has 1 aliphatic carbocycles. The Bertz CT molecular complexity index is 370. The molecule has 1 saturated carbocycles. The zero-order valence-corrected chi connectivity index (χ0v) is 10.7. The highest BCUT2D eigenvalue weighted by Gasteiger charge is 2.20. The molecule has 0 radical (unpaired) electrons. The summed E-state index contributed by atoms with van der Waals surface area (Å²) in [5.41, 5.74) is 3.82. The number of hydrazine groups is 1. The molecule has 0 aliphatic heterocycles. The maximum Gasteiger partial charge on any atom is 0.143 e. The first kappa shape index (κ1) is 12.3. The molecule has 0 bridgehead atoms. The van der Waals surface area contributed by atoms with Crippen LogP contribution in [0, 0.1) is 5.92 Å². The monoisotopic (exact) mass is 234 g/mol. The summed E-state index contributed by atoms with van der Waals surface area (Å²) < 4.78 is 0. The molecular formula is C13H22N4. The van der Waals surface area contributed by atoms with Crippen LogP contribution in [0.5, 0.6) is 0 Å². The van der Waals surface area contributed by atoms with Crippen LogP contribution in [0.1, 0.15) is 57.0 Å². The molecule has 4 nitrogen and oxygen atoms in total. The molecule has 1 fully saturated rings. The van der Waals surface area contributed by atoms with Crippen LogP contribution in [0.15, 0.2) is 6.07 Å². The summed E-state index contributed by atoms with van der Waals surface area (Å²) in [6.07, 6.45) is 6.05. The predicted octanol–water partition coefficient (Wildman–Crippen LogP) is 2.62. The van der Waals surface area contributed by atoms with Crippen LogP contribution in [0.3, 0.4) is 0 Å². The van der Waals surface area contributed by atoms with Crippen molar-refractivity contribution in [1.82, 2.24) is 9.97 Å². The third kappa shape index (κ3) is 3.16. The Balaban J connectivity index is 2.24. The second-order valence-corrected chi connectivity index (χ2v) is 5.32. The lowest BCUT2D eigenvalue weighted by molar-refractivity contribution is 0.608. The quantitative estimate of drug-likeness (QED) is 0.621. The predicted molar refractivity (Wildman–Crippen MR) is 69.6 cm³/mol. The Morgan fingerprint density at radius 3 is 2.65 bits per heavy atom. The first-order valence-electron chi connectivity index (χ1n) is 6.53. The highest BCUT2D eigenvalue weighted by atomic mass is 15.3. The Hall–Kier alpha value is -1.16. The third-order valence-electron chi connectivity index (χ3n) is 3.30. The van der Waals surface area contributed by atoms with E-state index in [1.54, 1.807) is 0 Å². The van der Waals surface area contributed by atoms with E-state index in [9.17, 15) is 0 Å². The number of aromatic nitrogens is 2. The largest absolute Gasteiger partial charge is 0.308 e. The minimum atomic E-state index is 0.569. The second kappa shape index (κ2) is 5.45. The number of nitrogens with zero attached hydrogens (tertiary/aromatic N) is 2. The molecule has 4 heteroatoms. The zero-order valence-electron chi connectivity index (χ0n) is 10.7. The molecule has 1 aliphatic rings. The van der Waals surface area contributed by atoms with Gasteiger partial charge in [0.25, 0.3) is 0 Å². The summed E-state index contributed by atoms with van der Waals surface area (Å²) in [7, 11) is 0. The van der Waals surface area contributed by atoms with E-state index in [2.05, 4.69) is 24.3 Å². The van der Waals surface area contributed by atoms with Gasteiger partial charge in [0.2, 0.25) is 0 Å². The van der Waals surface area contributed by atoms with Crippen LogP contribution < -0.4 is 11.3 Å². The van der Waals surface area contributed by atoms with Crippen molar-refractivity contribution in [3.8, 4) is 0 Å². The molecule has 2 rings (SSSR count). The summed E-state index contributed by atoms with van der Waals surface area (Å²) in [5, 5.41) is 0. The van der Waals surface area contributed by atoms with Gasteiger partial charge in [-0.3, -0.25) is 0 Å².